The van der Waals surface area contributed by atoms with Crippen molar-refractivity contribution in [3.8, 4) is 0 Å². The fourth-order valence-electron chi connectivity index (χ4n) is 1.03. The normalized spacial score (nSPS) is 10.1. The van der Waals surface area contributed by atoms with Crippen LogP contribution in [0.25, 0.3) is 0 Å². The van der Waals surface area contributed by atoms with Gasteiger partial charge in [0.15, 0.2) is 0 Å². The molecule has 0 saturated heterocycles. The minimum atomic E-state index is -0.982. The molecule has 1 aromatic carbocycles. The molecule has 0 aliphatic heterocycles. The second-order valence-electron chi connectivity index (χ2n) is 3.01. The van der Waals surface area contributed by atoms with Gasteiger partial charge in [-0.1, -0.05) is 0 Å². The van der Waals surface area contributed by atoms with Crippen molar-refractivity contribution in [2.75, 3.05) is 5.75 Å². The SMILES string of the molecule is NC(=O)CCSc1ccc(Br)c(C(=O)O)c1. The highest BCUT2D eigenvalue weighted by Gasteiger charge is 2.09. The number of thioether (sulfide) groups is 1. The Bertz CT molecular complexity index is 423. The number of hydrogen-bond donors (Lipinski definition) is 2. The lowest BCUT2D eigenvalue weighted by Gasteiger charge is -2.03. The fourth-order valence-corrected chi connectivity index (χ4v) is 2.35. The van der Waals surface area contributed by atoms with Crippen LogP contribution in [-0.4, -0.2) is 22.7 Å². The van der Waals surface area contributed by atoms with E-state index in [2.05, 4.69) is 15.9 Å². The van der Waals surface area contributed by atoms with Crippen molar-refractivity contribution in [3.63, 3.8) is 0 Å². The van der Waals surface area contributed by atoms with Crippen LogP contribution in [0.2, 0.25) is 0 Å². The van der Waals surface area contributed by atoms with Gasteiger partial charge in [0.1, 0.15) is 0 Å². The summed E-state index contributed by atoms with van der Waals surface area (Å²) in [5.74, 6) is -0.789. The highest BCUT2D eigenvalue weighted by atomic mass is 79.9. The third kappa shape index (κ3) is 3.86. The number of benzene rings is 1. The summed E-state index contributed by atoms with van der Waals surface area (Å²) >= 11 is 4.56. The summed E-state index contributed by atoms with van der Waals surface area (Å²) in [5, 5.41) is 8.89. The lowest BCUT2D eigenvalue weighted by molar-refractivity contribution is -0.117. The second-order valence-corrected chi connectivity index (χ2v) is 5.03. The van der Waals surface area contributed by atoms with E-state index >= 15 is 0 Å². The summed E-state index contributed by atoms with van der Waals surface area (Å²) in [4.78, 5) is 22.2. The molecule has 6 heteroatoms. The van der Waals surface area contributed by atoms with Crippen LogP contribution in [0.5, 0.6) is 0 Å². The number of hydrogen-bond acceptors (Lipinski definition) is 3. The Morgan fingerprint density at radius 3 is 2.69 bits per heavy atom. The Hall–Kier alpha value is -1.01. The van der Waals surface area contributed by atoms with Crippen LogP contribution in [0, 0.1) is 0 Å². The second kappa shape index (κ2) is 5.91. The van der Waals surface area contributed by atoms with Crippen LogP contribution in [0.4, 0.5) is 0 Å². The molecule has 0 aliphatic carbocycles. The average molecular weight is 304 g/mol. The largest absolute Gasteiger partial charge is 0.478 e. The number of carbonyl (C=O) groups excluding carboxylic acids is 1. The van der Waals surface area contributed by atoms with Gasteiger partial charge in [-0.3, -0.25) is 4.79 Å². The van der Waals surface area contributed by atoms with Crippen LogP contribution in [0.1, 0.15) is 16.8 Å². The molecule has 0 aliphatic rings. The molecule has 16 heavy (non-hydrogen) atoms. The summed E-state index contributed by atoms with van der Waals surface area (Å²) in [5.41, 5.74) is 5.22. The number of carbonyl (C=O) groups is 2. The molecule has 0 saturated carbocycles. The molecule has 0 spiro atoms. The van der Waals surface area contributed by atoms with E-state index in [0.717, 1.165) is 4.90 Å². The first-order valence-electron chi connectivity index (χ1n) is 4.44. The van der Waals surface area contributed by atoms with Crippen LogP contribution in [0.15, 0.2) is 27.6 Å². The zero-order chi connectivity index (χ0) is 12.1. The predicted molar refractivity (Wildman–Crippen MR) is 65.6 cm³/mol. The van der Waals surface area contributed by atoms with Gasteiger partial charge in [-0.2, -0.15) is 0 Å². The Morgan fingerprint density at radius 2 is 2.12 bits per heavy atom. The van der Waals surface area contributed by atoms with Crippen molar-refractivity contribution >= 4 is 39.6 Å². The van der Waals surface area contributed by atoms with E-state index in [4.69, 9.17) is 10.8 Å². The molecule has 3 N–H and O–H groups in total. The first kappa shape index (κ1) is 13.1. The molecule has 1 rings (SSSR count). The van der Waals surface area contributed by atoms with Gasteiger partial charge in [-0.15, -0.1) is 11.8 Å². The van der Waals surface area contributed by atoms with E-state index in [9.17, 15) is 9.59 Å². The molecule has 0 fully saturated rings. The van der Waals surface area contributed by atoms with E-state index in [-0.39, 0.29) is 17.9 Å². The molecular weight excluding hydrogens is 294 g/mol. The Balaban J connectivity index is 2.71. The minimum absolute atomic E-state index is 0.212. The van der Waals surface area contributed by atoms with Gasteiger partial charge in [-0.05, 0) is 34.1 Å². The summed E-state index contributed by atoms with van der Waals surface area (Å²) in [6.45, 7) is 0. The Morgan fingerprint density at radius 1 is 1.44 bits per heavy atom. The number of carboxylic acids is 1. The quantitative estimate of drug-likeness (QED) is 0.817. The smallest absolute Gasteiger partial charge is 0.336 e. The lowest BCUT2D eigenvalue weighted by Crippen LogP contribution is -2.10. The Kier molecular flexibility index (Phi) is 4.82. The monoisotopic (exact) mass is 303 g/mol. The van der Waals surface area contributed by atoms with Gasteiger partial charge in [0.25, 0.3) is 0 Å². The summed E-state index contributed by atoms with van der Waals surface area (Å²) in [6, 6.07) is 5.04. The number of primary amides is 1. The zero-order valence-corrected chi connectivity index (χ0v) is 10.7. The van der Waals surface area contributed by atoms with E-state index in [1.54, 1.807) is 18.2 Å². The topological polar surface area (TPSA) is 80.4 Å². The molecule has 1 aromatic rings. The van der Waals surface area contributed by atoms with Crippen molar-refractivity contribution in [1.29, 1.82) is 0 Å². The third-order valence-electron chi connectivity index (χ3n) is 1.79. The summed E-state index contributed by atoms with van der Waals surface area (Å²) in [7, 11) is 0. The molecule has 0 unspecified atom stereocenters. The van der Waals surface area contributed by atoms with Crippen LogP contribution in [-0.2, 0) is 4.79 Å². The van der Waals surface area contributed by atoms with Crippen molar-refractivity contribution < 1.29 is 14.7 Å². The maximum Gasteiger partial charge on any atom is 0.336 e. The van der Waals surface area contributed by atoms with Crippen LogP contribution in [0.3, 0.4) is 0 Å². The standard InChI is InChI=1S/C10H10BrNO3S/c11-8-2-1-6(5-7(8)10(14)15)16-4-3-9(12)13/h1-2,5H,3-4H2,(H2,12,13)(H,14,15). The molecule has 0 radical (unpaired) electrons. The molecule has 0 aromatic heterocycles. The van der Waals surface area contributed by atoms with Gasteiger partial charge in [0.2, 0.25) is 5.91 Å². The molecule has 86 valence electrons. The maximum absolute atomic E-state index is 10.8. The summed E-state index contributed by atoms with van der Waals surface area (Å²) < 4.78 is 0.541. The van der Waals surface area contributed by atoms with Crippen molar-refractivity contribution in [2.45, 2.75) is 11.3 Å². The highest BCUT2D eigenvalue weighted by molar-refractivity contribution is 9.10. The minimum Gasteiger partial charge on any atom is -0.478 e. The fraction of sp³-hybridized carbons (Fsp3) is 0.200. The number of aromatic carboxylic acids is 1. The zero-order valence-electron chi connectivity index (χ0n) is 8.27. The lowest BCUT2D eigenvalue weighted by atomic mass is 10.2. The molecule has 1 amide bonds. The first-order valence-corrected chi connectivity index (χ1v) is 6.22. The number of rotatable bonds is 5. The van der Waals surface area contributed by atoms with Gasteiger partial charge in [-0.25, -0.2) is 4.79 Å². The van der Waals surface area contributed by atoms with Gasteiger partial charge < -0.3 is 10.8 Å². The molecule has 0 bridgehead atoms. The van der Waals surface area contributed by atoms with Crippen molar-refractivity contribution in [3.05, 3.63) is 28.2 Å². The third-order valence-corrected chi connectivity index (χ3v) is 3.47. The molecule has 0 atom stereocenters. The van der Waals surface area contributed by atoms with Crippen molar-refractivity contribution in [2.24, 2.45) is 5.73 Å². The first-order chi connectivity index (χ1) is 7.50. The van der Waals surface area contributed by atoms with Gasteiger partial charge >= 0.3 is 5.97 Å². The Labute approximate surface area is 105 Å². The summed E-state index contributed by atoms with van der Waals surface area (Å²) in [6.07, 6.45) is 0.281. The molecule has 4 nitrogen and oxygen atoms in total. The van der Waals surface area contributed by atoms with Gasteiger partial charge in [0, 0.05) is 21.5 Å². The van der Waals surface area contributed by atoms with Crippen LogP contribution >= 0.6 is 27.7 Å². The number of carboxylic acid groups (broad SMARTS) is 1. The molecular formula is C10H10BrNO3S. The van der Waals surface area contributed by atoms with E-state index in [1.165, 1.54) is 11.8 Å². The van der Waals surface area contributed by atoms with E-state index < -0.39 is 5.97 Å². The number of amides is 1. The van der Waals surface area contributed by atoms with E-state index in [1.807, 2.05) is 0 Å². The highest BCUT2D eigenvalue weighted by Crippen LogP contribution is 2.25. The maximum atomic E-state index is 10.8. The van der Waals surface area contributed by atoms with Crippen molar-refractivity contribution in [1.82, 2.24) is 0 Å². The van der Waals surface area contributed by atoms with Crippen LogP contribution < -0.4 is 5.73 Å². The van der Waals surface area contributed by atoms with E-state index in [0.29, 0.717) is 10.2 Å². The predicted octanol–water partition coefficient (Wildman–Crippen LogP) is 2.11. The number of nitrogens with two attached hydrogens (primary N) is 1. The number of halogens is 1. The molecule has 0 heterocycles. The van der Waals surface area contributed by atoms with Gasteiger partial charge in [0.05, 0.1) is 5.56 Å². The average Bonchev–Trinajstić information content (AvgIpc) is 2.19.